The number of hydrogen-bond donors (Lipinski definition) is 1. The number of allylic oxidation sites excluding steroid dienone is 1. The first kappa shape index (κ1) is 10.9. The summed E-state index contributed by atoms with van der Waals surface area (Å²) in [6.45, 7) is 4.84. The van der Waals surface area contributed by atoms with Crippen LogP contribution in [0.15, 0.2) is 9.66 Å². The molecule has 0 rings (SSSR count). The lowest BCUT2D eigenvalue weighted by atomic mass is 10.4. The Hall–Kier alpha value is -0.0600. The van der Waals surface area contributed by atoms with Crippen LogP contribution in [0.3, 0.4) is 0 Å². The number of hydrogen-bond acceptors (Lipinski definition) is 1. The minimum Gasteiger partial charge on any atom is -0.353 e. The SMILES string of the molecule is CCCNC(=O)C=C(I)CC. The molecule has 2 nitrogen and oxygen atoms in total. The molecule has 1 N–H and O–H groups in total. The number of carbonyl (C=O) groups is 1. The fourth-order valence-corrected chi connectivity index (χ4v) is 0.826. The normalized spacial score (nSPS) is 11.4. The van der Waals surface area contributed by atoms with Gasteiger partial charge in [0.05, 0.1) is 0 Å². The average molecular weight is 267 g/mol. The summed E-state index contributed by atoms with van der Waals surface area (Å²) in [4.78, 5) is 11.0. The van der Waals surface area contributed by atoms with Gasteiger partial charge in [-0.3, -0.25) is 4.79 Å². The van der Waals surface area contributed by atoms with Gasteiger partial charge >= 0.3 is 0 Å². The lowest BCUT2D eigenvalue weighted by Crippen LogP contribution is -2.21. The highest BCUT2D eigenvalue weighted by atomic mass is 127. The Morgan fingerprint density at radius 1 is 1.55 bits per heavy atom. The summed E-state index contributed by atoms with van der Waals surface area (Å²) in [5, 5.41) is 2.78. The van der Waals surface area contributed by atoms with Gasteiger partial charge in [0.15, 0.2) is 0 Å². The van der Waals surface area contributed by atoms with E-state index in [9.17, 15) is 4.79 Å². The van der Waals surface area contributed by atoms with Crippen LogP contribution in [0.1, 0.15) is 26.7 Å². The Bertz CT molecular complexity index is 154. The molecular formula is C8H14INO. The van der Waals surface area contributed by atoms with Crippen molar-refractivity contribution in [3.8, 4) is 0 Å². The highest BCUT2D eigenvalue weighted by Crippen LogP contribution is 2.08. The van der Waals surface area contributed by atoms with Crippen LogP contribution in [-0.2, 0) is 4.79 Å². The Balaban J connectivity index is 3.67. The zero-order chi connectivity index (χ0) is 8.69. The van der Waals surface area contributed by atoms with Crippen LogP contribution in [0.5, 0.6) is 0 Å². The zero-order valence-corrected chi connectivity index (χ0v) is 9.14. The highest BCUT2D eigenvalue weighted by Gasteiger charge is 1.94. The van der Waals surface area contributed by atoms with Crippen molar-refractivity contribution >= 4 is 28.5 Å². The molecule has 1 amide bonds. The second-order valence-corrected chi connectivity index (χ2v) is 3.62. The van der Waals surface area contributed by atoms with Crippen LogP contribution in [-0.4, -0.2) is 12.5 Å². The van der Waals surface area contributed by atoms with Crippen molar-refractivity contribution in [1.82, 2.24) is 5.32 Å². The van der Waals surface area contributed by atoms with E-state index in [4.69, 9.17) is 0 Å². The molecule has 0 aromatic carbocycles. The fourth-order valence-electron chi connectivity index (χ4n) is 0.544. The van der Waals surface area contributed by atoms with Gasteiger partial charge in [-0.25, -0.2) is 0 Å². The van der Waals surface area contributed by atoms with Crippen LogP contribution >= 0.6 is 22.6 Å². The molecule has 0 bridgehead atoms. The van der Waals surface area contributed by atoms with E-state index in [0.717, 1.165) is 23.0 Å². The van der Waals surface area contributed by atoms with Crippen molar-refractivity contribution in [1.29, 1.82) is 0 Å². The van der Waals surface area contributed by atoms with Gasteiger partial charge in [0.2, 0.25) is 5.91 Å². The Morgan fingerprint density at radius 3 is 2.64 bits per heavy atom. The van der Waals surface area contributed by atoms with E-state index >= 15 is 0 Å². The van der Waals surface area contributed by atoms with Crippen LogP contribution in [0.25, 0.3) is 0 Å². The molecule has 0 unspecified atom stereocenters. The van der Waals surface area contributed by atoms with Crippen molar-refractivity contribution < 1.29 is 4.79 Å². The third-order valence-corrected chi connectivity index (χ3v) is 2.25. The molecule has 11 heavy (non-hydrogen) atoms. The van der Waals surface area contributed by atoms with E-state index in [-0.39, 0.29) is 5.91 Å². The summed E-state index contributed by atoms with van der Waals surface area (Å²) in [6, 6.07) is 0. The lowest BCUT2D eigenvalue weighted by molar-refractivity contribution is -0.116. The molecule has 0 aromatic rings. The van der Waals surface area contributed by atoms with Gasteiger partial charge in [-0.05, 0) is 39.0 Å². The molecule has 0 atom stereocenters. The monoisotopic (exact) mass is 267 g/mol. The number of nitrogens with one attached hydrogen (secondary N) is 1. The molecule has 0 saturated carbocycles. The molecule has 0 aromatic heterocycles. The smallest absolute Gasteiger partial charge is 0.244 e. The molecule has 0 aliphatic rings. The zero-order valence-electron chi connectivity index (χ0n) is 6.98. The topological polar surface area (TPSA) is 29.1 Å². The van der Waals surface area contributed by atoms with E-state index in [1.807, 2.05) is 13.8 Å². The third kappa shape index (κ3) is 6.34. The molecule has 64 valence electrons. The Morgan fingerprint density at radius 2 is 2.18 bits per heavy atom. The van der Waals surface area contributed by atoms with E-state index in [1.165, 1.54) is 0 Å². The van der Waals surface area contributed by atoms with Crippen molar-refractivity contribution in [2.45, 2.75) is 26.7 Å². The first-order valence-electron chi connectivity index (χ1n) is 3.84. The molecule has 0 fully saturated rings. The maximum absolute atomic E-state index is 11.0. The molecular weight excluding hydrogens is 253 g/mol. The minimum absolute atomic E-state index is 0.0260. The standard InChI is InChI=1S/C8H14INO/c1-3-5-10-8(11)6-7(9)4-2/h6H,3-5H2,1-2H3,(H,10,11). The molecule has 0 saturated heterocycles. The van der Waals surface area contributed by atoms with Gasteiger partial charge in [-0.1, -0.05) is 13.8 Å². The van der Waals surface area contributed by atoms with Gasteiger partial charge in [-0.2, -0.15) is 0 Å². The second kappa shape index (κ2) is 6.64. The van der Waals surface area contributed by atoms with Crippen LogP contribution in [0, 0.1) is 0 Å². The van der Waals surface area contributed by atoms with Crippen molar-refractivity contribution in [3.63, 3.8) is 0 Å². The lowest BCUT2D eigenvalue weighted by Gasteiger charge is -1.98. The largest absolute Gasteiger partial charge is 0.353 e. The summed E-state index contributed by atoms with van der Waals surface area (Å²) in [5.74, 6) is 0.0260. The molecule has 0 spiro atoms. The first-order valence-corrected chi connectivity index (χ1v) is 4.92. The first-order chi connectivity index (χ1) is 5.20. The minimum atomic E-state index is 0.0260. The summed E-state index contributed by atoms with van der Waals surface area (Å²) in [5.41, 5.74) is 0. The summed E-state index contributed by atoms with van der Waals surface area (Å²) >= 11 is 2.17. The van der Waals surface area contributed by atoms with Crippen molar-refractivity contribution in [2.75, 3.05) is 6.54 Å². The Kier molecular flexibility index (Phi) is 6.60. The predicted octanol–water partition coefficient (Wildman–Crippen LogP) is 2.24. The summed E-state index contributed by atoms with van der Waals surface area (Å²) in [7, 11) is 0. The van der Waals surface area contributed by atoms with Crippen LogP contribution in [0.4, 0.5) is 0 Å². The molecule has 0 heterocycles. The number of carbonyl (C=O) groups excluding carboxylic acids is 1. The van der Waals surface area contributed by atoms with E-state index in [1.54, 1.807) is 6.08 Å². The van der Waals surface area contributed by atoms with Crippen molar-refractivity contribution in [2.24, 2.45) is 0 Å². The number of amides is 1. The summed E-state index contributed by atoms with van der Waals surface area (Å²) in [6.07, 6.45) is 3.57. The summed E-state index contributed by atoms with van der Waals surface area (Å²) < 4.78 is 1.09. The third-order valence-electron chi connectivity index (χ3n) is 1.17. The van der Waals surface area contributed by atoms with E-state index in [2.05, 4.69) is 27.9 Å². The van der Waals surface area contributed by atoms with Gasteiger partial charge in [0.1, 0.15) is 0 Å². The van der Waals surface area contributed by atoms with Gasteiger partial charge in [0, 0.05) is 12.6 Å². The van der Waals surface area contributed by atoms with Gasteiger partial charge < -0.3 is 5.32 Å². The fraction of sp³-hybridized carbons (Fsp3) is 0.625. The predicted molar refractivity (Wildman–Crippen MR) is 55.7 cm³/mol. The number of rotatable bonds is 4. The highest BCUT2D eigenvalue weighted by molar-refractivity contribution is 14.1. The second-order valence-electron chi connectivity index (χ2n) is 2.24. The Labute approximate surface area is 81.6 Å². The van der Waals surface area contributed by atoms with Crippen LogP contribution < -0.4 is 5.32 Å². The quantitative estimate of drug-likeness (QED) is 0.614. The van der Waals surface area contributed by atoms with E-state index < -0.39 is 0 Å². The van der Waals surface area contributed by atoms with Crippen molar-refractivity contribution in [3.05, 3.63) is 9.66 Å². The average Bonchev–Trinajstić information content (AvgIpc) is 2.00. The molecule has 0 radical (unpaired) electrons. The molecule has 0 aliphatic carbocycles. The molecule has 0 aliphatic heterocycles. The van der Waals surface area contributed by atoms with Gasteiger partial charge in [-0.15, -0.1) is 0 Å². The maximum atomic E-state index is 11.0. The molecule has 3 heteroatoms. The van der Waals surface area contributed by atoms with Crippen LogP contribution in [0.2, 0.25) is 0 Å². The maximum Gasteiger partial charge on any atom is 0.244 e. The van der Waals surface area contributed by atoms with E-state index in [0.29, 0.717) is 0 Å². The number of halogens is 1. The van der Waals surface area contributed by atoms with Gasteiger partial charge in [0.25, 0.3) is 0 Å².